The van der Waals surface area contributed by atoms with Gasteiger partial charge in [0.15, 0.2) is 6.29 Å². The van der Waals surface area contributed by atoms with Gasteiger partial charge in [0.05, 0.1) is 0 Å². The predicted molar refractivity (Wildman–Crippen MR) is 48.0 cm³/mol. The highest BCUT2D eigenvalue weighted by molar-refractivity contribution is 9.09. The summed E-state index contributed by atoms with van der Waals surface area (Å²) in [6, 6.07) is 0. The highest BCUT2D eigenvalue weighted by Gasteiger charge is 2.10. The molecule has 1 aliphatic rings. The number of hydrogen-bond acceptors (Lipinski definition) is 2. The highest BCUT2D eigenvalue weighted by atomic mass is 79.9. The van der Waals surface area contributed by atoms with E-state index in [0.29, 0.717) is 0 Å². The normalized spacial score (nSPS) is 22.6. The summed E-state index contributed by atoms with van der Waals surface area (Å²) in [5, 5.41) is 0.956. The fourth-order valence-electron chi connectivity index (χ4n) is 1.11. The second kappa shape index (κ2) is 5.98. The molecule has 11 heavy (non-hydrogen) atoms. The number of hydrogen-bond donors (Lipinski definition) is 0. The van der Waals surface area contributed by atoms with E-state index in [1.807, 2.05) is 0 Å². The van der Waals surface area contributed by atoms with Gasteiger partial charge in [0, 0.05) is 25.0 Å². The zero-order valence-electron chi connectivity index (χ0n) is 6.72. The van der Waals surface area contributed by atoms with Gasteiger partial charge in [-0.1, -0.05) is 15.9 Å². The molecule has 0 aromatic heterocycles. The molecule has 66 valence electrons. The molecule has 0 radical (unpaired) electrons. The Morgan fingerprint density at radius 1 is 1.09 bits per heavy atom. The number of alkyl halides is 1. The summed E-state index contributed by atoms with van der Waals surface area (Å²) in [6.07, 6.45) is 4.60. The molecule has 2 nitrogen and oxygen atoms in total. The molecule has 0 aromatic carbocycles. The Balaban J connectivity index is 2.15. The van der Waals surface area contributed by atoms with Crippen LogP contribution in [0.5, 0.6) is 0 Å². The van der Waals surface area contributed by atoms with Crippen molar-refractivity contribution in [1.29, 1.82) is 0 Å². The molecule has 0 amide bonds. The maximum atomic E-state index is 5.47. The van der Waals surface area contributed by atoms with Crippen LogP contribution in [-0.2, 0) is 9.47 Å². The molecule has 0 bridgehead atoms. The van der Waals surface area contributed by atoms with Gasteiger partial charge in [0.1, 0.15) is 0 Å². The van der Waals surface area contributed by atoms with Crippen molar-refractivity contribution in [2.45, 2.75) is 32.0 Å². The summed E-state index contributed by atoms with van der Waals surface area (Å²) < 4.78 is 10.9. The SMILES string of the molecule is BrCCC1OCCCCCO1. The molecule has 3 heteroatoms. The summed E-state index contributed by atoms with van der Waals surface area (Å²) in [5.74, 6) is 0. The van der Waals surface area contributed by atoms with Gasteiger partial charge in [-0.05, 0) is 19.3 Å². The average molecular weight is 223 g/mol. The van der Waals surface area contributed by atoms with Crippen LogP contribution in [0.1, 0.15) is 25.7 Å². The van der Waals surface area contributed by atoms with E-state index >= 15 is 0 Å². The van der Waals surface area contributed by atoms with Gasteiger partial charge >= 0.3 is 0 Å². The maximum absolute atomic E-state index is 5.47. The molecule has 1 heterocycles. The third kappa shape index (κ3) is 4.09. The molecule has 0 atom stereocenters. The van der Waals surface area contributed by atoms with Crippen LogP contribution in [0.4, 0.5) is 0 Å². The lowest BCUT2D eigenvalue weighted by atomic mass is 10.2. The topological polar surface area (TPSA) is 18.5 Å². The van der Waals surface area contributed by atoms with Gasteiger partial charge in [-0.3, -0.25) is 0 Å². The van der Waals surface area contributed by atoms with E-state index < -0.39 is 0 Å². The Morgan fingerprint density at radius 3 is 2.27 bits per heavy atom. The van der Waals surface area contributed by atoms with E-state index in [1.54, 1.807) is 0 Å². The smallest absolute Gasteiger partial charge is 0.158 e. The molecule has 0 aromatic rings. The lowest BCUT2D eigenvalue weighted by Gasteiger charge is -2.20. The van der Waals surface area contributed by atoms with Crippen LogP contribution in [0.3, 0.4) is 0 Å². The van der Waals surface area contributed by atoms with Gasteiger partial charge in [-0.25, -0.2) is 0 Å². The summed E-state index contributed by atoms with van der Waals surface area (Å²) in [6.45, 7) is 1.72. The fourth-order valence-corrected chi connectivity index (χ4v) is 1.49. The molecule has 0 saturated carbocycles. The van der Waals surface area contributed by atoms with Crippen molar-refractivity contribution >= 4 is 15.9 Å². The molecule has 0 spiro atoms. The van der Waals surface area contributed by atoms with Gasteiger partial charge in [0.25, 0.3) is 0 Å². The maximum Gasteiger partial charge on any atom is 0.158 e. The first-order valence-corrected chi connectivity index (χ1v) is 5.35. The van der Waals surface area contributed by atoms with Crippen molar-refractivity contribution in [2.24, 2.45) is 0 Å². The van der Waals surface area contributed by atoms with Crippen LogP contribution in [0, 0.1) is 0 Å². The Kier molecular flexibility index (Phi) is 5.15. The van der Waals surface area contributed by atoms with E-state index in [4.69, 9.17) is 9.47 Å². The third-order valence-electron chi connectivity index (χ3n) is 1.74. The molecule has 1 fully saturated rings. The summed E-state index contributed by atoms with van der Waals surface area (Å²) in [7, 11) is 0. The average Bonchev–Trinajstić information content (AvgIpc) is 1.94. The first kappa shape index (κ1) is 9.49. The fraction of sp³-hybridized carbons (Fsp3) is 1.00. The Bertz CT molecular complexity index is 90.1. The predicted octanol–water partition coefficient (Wildman–Crippen LogP) is 2.31. The van der Waals surface area contributed by atoms with E-state index in [2.05, 4.69) is 15.9 Å². The third-order valence-corrected chi connectivity index (χ3v) is 2.20. The van der Waals surface area contributed by atoms with Crippen molar-refractivity contribution in [3.8, 4) is 0 Å². The first-order chi connectivity index (χ1) is 5.43. The number of halogens is 1. The molecule has 0 N–H and O–H groups in total. The highest BCUT2D eigenvalue weighted by Crippen LogP contribution is 2.10. The molecular formula is C8H15BrO2. The Hall–Kier alpha value is 0.400. The van der Waals surface area contributed by atoms with Crippen molar-refractivity contribution in [1.82, 2.24) is 0 Å². The van der Waals surface area contributed by atoms with Crippen LogP contribution in [0.25, 0.3) is 0 Å². The summed E-state index contributed by atoms with van der Waals surface area (Å²) >= 11 is 3.37. The lowest BCUT2D eigenvalue weighted by Crippen LogP contribution is -2.21. The van der Waals surface area contributed by atoms with Crippen molar-refractivity contribution in [3.63, 3.8) is 0 Å². The van der Waals surface area contributed by atoms with Crippen LogP contribution >= 0.6 is 15.9 Å². The van der Waals surface area contributed by atoms with Crippen molar-refractivity contribution in [2.75, 3.05) is 18.5 Å². The van der Waals surface area contributed by atoms with Crippen LogP contribution < -0.4 is 0 Å². The van der Waals surface area contributed by atoms with E-state index in [9.17, 15) is 0 Å². The van der Waals surface area contributed by atoms with Crippen LogP contribution in [0.2, 0.25) is 0 Å². The molecular weight excluding hydrogens is 208 g/mol. The molecule has 1 aliphatic heterocycles. The quantitative estimate of drug-likeness (QED) is 0.669. The Labute approximate surface area is 76.4 Å². The monoisotopic (exact) mass is 222 g/mol. The Morgan fingerprint density at radius 2 is 1.73 bits per heavy atom. The van der Waals surface area contributed by atoms with E-state index in [-0.39, 0.29) is 6.29 Å². The van der Waals surface area contributed by atoms with Gasteiger partial charge < -0.3 is 9.47 Å². The second-order valence-electron chi connectivity index (χ2n) is 2.71. The van der Waals surface area contributed by atoms with E-state index in [0.717, 1.165) is 25.0 Å². The largest absolute Gasteiger partial charge is 0.353 e. The van der Waals surface area contributed by atoms with Gasteiger partial charge in [-0.2, -0.15) is 0 Å². The standard InChI is InChI=1S/C8H15BrO2/c9-5-4-8-10-6-2-1-3-7-11-8/h8H,1-7H2. The van der Waals surface area contributed by atoms with Gasteiger partial charge in [0.2, 0.25) is 0 Å². The van der Waals surface area contributed by atoms with Gasteiger partial charge in [-0.15, -0.1) is 0 Å². The lowest BCUT2D eigenvalue weighted by molar-refractivity contribution is -0.151. The molecule has 1 saturated heterocycles. The zero-order chi connectivity index (χ0) is 7.94. The molecule has 0 aliphatic carbocycles. The van der Waals surface area contributed by atoms with Crippen molar-refractivity contribution < 1.29 is 9.47 Å². The second-order valence-corrected chi connectivity index (χ2v) is 3.50. The minimum atomic E-state index is 0.0367. The minimum Gasteiger partial charge on any atom is -0.353 e. The summed E-state index contributed by atoms with van der Waals surface area (Å²) in [4.78, 5) is 0. The number of ether oxygens (including phenoxy) is 2. The summed E-state index contributed by atoms with van der Waals surface area (Å²) in [5.41, 5.74) is 0. The molecule has 1 rings (SSSR count). The minimum absolute atomic E-state index is 0.0367. The number of rotatable bonds is 2. The van der Waals surface area contributed by atoms with E-state index in [1.165, 1.54) is 19.3 Å². The van der Waals surface area contributed by atoms with Crippen molar-refractivity contribution in [3.05, 3.63) is 0 Å². The first-order valence-electron chi connectivity index (χ1n) is 4.22. The molecule has 0 unspecified atom stereocenters. The van der Waals surface area contributed by atoms with Crippen LogP contribution in [0.15, 0.2) is 0 Å². The zero-order valence-corrected chi connectivity index (χ0v) is 8.31. The van der Waals surface area contributed by atoms with Crippen LogP contribution in [-0.4, -0.2) is 24.8 Å².